The molecule has 2 aromatic carbocycles. The van der Waals surface area contributed by atoms with Crippen LogP contribution in [0.5, 0.6) is 0 Å². The van der Waals surface area contributed by atoms with Gasteiger partial charge in [0.2, 0.25) is 0 Å². The molecule has 0 aliphatic carbocycles. The SMILES string of the molecule is O=C(NCCN(CCc1ccccc1)Cc1ccco1)c1ccc2c(c1)nc1n2CCOC1. The van der Waals surface area contributed by atoms with E-state index >= 15 is 0 Å². The molecule has 1 aliphatic heterocycles. The summed E-state index contributed by atoms with van der Waals surface area (Å²) in [5.74, 6) is 1.76. The second-order valence-corrected chi connectivity index (χ2v) is 8.28. The molecule has 33 heavy (non-hydrogen) atoms. The van der Waals surface area contributed by atoms with Gasteiger partial charge in [-0.3, -0.25) is 9.69 Å². The molecule has 7 nitrogen and oxygen atoms in total. The molecular formula is C26H28N4O3. The van der Waals surface area contributed by atoms with Gasteiger partial charge in [0.1, 0.15) is 18.2 Å². The van der Waals surface area contributed by atoms with Crippen LogP contribution in [0.1, 0.15) is 27.5 Å². The number of imidazole rings is 1. The monoisotopic (exact) mass is 444 g/mol. The molecule has 0 bridgehead atoms. The first-order valence-electron chi connectivity index (χ1n) is 11.4. The van der Waals surface area contributed by atoms with E-state index in [9.17, 15) is 4.79 Å². The summed E-state index contributed by atoms with van der Waals surface area (Å²) in [7, 11) is 0. The van der Waals surface area contributed by atoms with Crippen molar-refractivity contribution < 1.29 is 13.9 Å². The minimum absolute atomic E-state index is 0.0832. The highest BCUT2D eigenvalue weighted by molar-refractivity contribution is 5.97. The highest BCUT2D eigenvalue weighted by atomic mass is 16.5. The number of nitrogens with zero attached hydrogens (tertiary/aromatic N) is 3. The van der Waals surface area contributed by atoms with Crippen LogP contribution in [-0.4, -0.2) is 46.6 Å². The lowest BCUT2D eigenvalue weighted by Gasteiger charge is -2.21. The van der Waals surface area contributed by atoms with Crippen LogP contribution < -0.4 is 5.32 Å². The molecule has 0 spiro atoms. The highest BCUT2D eigenvalue weighted by Crippen LogP contribution is 2.21. The second kappa shape index (κ2) is 10.0. The number of carbonyl (C=O) groups is 1. The predicted octanol–water partition coefficient (Wildman–Crippen LogP) is 3.63. The number of hydrogen-bond donors (Lipinski definition) is 1. The molecule has 0 unspecified atom stereocenters. The first-order chi connectivity index (χ1) is 16.3. The third-order valence-corrected chi connectivity index (χ3v) is 6.01. The van der Waals surface area contributed by atoms with Gasteiger partial charge in [0.15, 0.2) is 0 Å². The lowest BCUT2D eigenvalue weighted by atomic mass is 10.1. The van der Waals surface area contributed by atoms with Gasteiger partial charge in [-0.05, 0) is 42.3 Å². The number of hydrogen-bond acceptors (Lipinski definition) is 5. The van der Waals surface area contributed by atoms with Gasteiger partial charge in [-0.2, -0.15) is 0 Å². The average molecular weight is 445 g/mol. The van der Waals surface area contributed by atoms with Crippen molar-refractivity contribution in [1.29, 1.82) is 0 Å². The van der Waals surface area contributed by atoms with E-state index < -0.39 is 0 Å². The minimum atomic E-state index is -0.0832. The Hall–Kier alpha value is -3.42. The van der Waals surface area contributed by atoms with E-state index in [0.717, 1.165) is 48.7 Å². The maximum absolute atomic E-state index is 12.8. The smallest absolute Gasteiger partial charge is 0.251 e. The average Bonchev–Trinajstić information content (AvgIpc) is 3.50. The van der Waals surface area contributed by atoms with Crippen molar-refractivity contribution in [1.82, 2.24) is 19.8 Å². The standard InChI is InChI=1S/C26H28N4O3/c31-26(21-8-9-24-23(17-21)28-25-19-32-16-14-30(24)25)27-11-13-29(18-22-7-4-15-33-22)12-10-20-5-2-1-3-6-20/h1-9,15,17H,10-14,16,18-19H2,(H,27,31). The summed E-state index contributed by atoms with van der Waals surface area (Å²) < 4.78 is 13.2. The van der Waals surface area contributed by atoms with Crippen molar-refractivity contribution in [2.24, 2.45) is 0 Å². The van der Waals surface area contributed by atoms with Gasteiger partial charge in [-0.25, -0.2) is 4.98 Å². The summed E-state index contributed by atoms with van der Waals surface area (Å²) in [6.45, 7) is 4.90. The number of rotatable bonds is 9. The fourth-order valence-corrected chi connectivity index (χ4v) is 4.25. The molecule has 5 rings (SSSR count). The number of carbonyl (C=O) groups excluding carboxylic acids is 1. The van der Waals surface area contributed by atoms with Gasteiger partial charge in [-0.1, -0.05) is 30.3 Å². The van der Waals surface area contributed by atoms with Crippen molar-refractivity contribution in [2.75, 3.05) is 26.2 Å². The summed E-state index contributed by atoms with van der Waals surface area (Å²) in [4.78, 5) is 19.7. The largest absolute Gasteiger partial charge is 0.468 e. The molecule has 1 N–H and O–H groups in total. The van der Waals surface area contributed by atoms with E-state index in [1.807, 2.05) is 36.4 Å². The van der Waals surface area contributed by atoms with Crippen molar-refractivity contribution in [3.8, 4) is 0 Å². The number of benzene rings is 2. The predicted molar refractivity (Wildman–Crippen MR) is 126 cm³/mol. The molecule has 0 atom stereocenters. The van der Waals surface area contributed by atoms with Crippen LogP contribution in [0.25, 0.3) is 11.0 Å². The van der Waals surface area contributed by atoms with Crippen LogP contribution in [0.15, 0.2) is 71.3 Å². The van der Waals surface area contributed by atoms with E-state index in [4.69, 9.17) is 9.15 Å². The zero-order chi connectivity index (χ0) is 22.5. The number of fused-ring (bicyclic) bond motifs is 3. The van der Waals surface area contributed by atoms with Crippen molar-refractivity contribution in [3.05, 3.63) is 89.6 Å². The molecule has 3 heterocycles. The summed E-state index contributed by atoms with van der Waals surface area (Å²) in [5, 5.41) is 3.06. The van der Waals surface area contributed by atoms with Crippen LogP contribution in [0.4, 0.5) is 0 Å². The van der Waals surface area contributed by atoms with Gasteiger partial charge in [0.05, 0.1) is 30.4 Å². The lowest BCUT2D eigenvalue weighted by molar-refractivity contribution is 0.0830. The Labute approximate surface area is 193 Å². The Morgan fingerprint density at radius 2 is 2.00 bits per heavy atom. The lowest BCUT2D eigenvalue weighted by Crippen LogP contribution is -2.35. The van der Waals surface area contributed by atoms with Crippen LogP contribution in [-0.2, 0) is 30.9 Å². The van der Waals surface area contributed by atoms with E-state index in [2.05, 4.69) is 44.0 Å². The van der Waals surface area contributed by atoms with E-state index in [-0.39, 0.29) is 5.91 Å². The Morgan fingerprint density at radius 3 is 2.85 bits per heavy atom. The van der Waals surface area contributed by atoms with Gasteiger partial charge in [-0.15, -0.1) is 0 Å². The molecular weight excluding hydrogens is 416 g/mol. The molecule has 0 saturated carbocycles. The van der Waals surface area contributed by atoms with Gasteiger partial charge in [0.25, 0.3) is 5.91 Å². The molecule has 2 aromatic heterocycles. The fraction of sp³-hybridized carbons (Fsp3) is 0.308. The second-order valence-electron chi connectivity index (χ2n) is 8.28. The molecule has 0 saturated heterocycles. The molecule has 7 heteroatoms. The summed E-state index contributed by atoms with van der Waals surface area (Å²) in [6, 6.07) is 20.1. The van der Waals surface area contributed by atoms with E-state index in [0.29, 0.717) is 31.9 Å². The van der Waals surface area contributed by atoms with E-state index in [1.54, 1.807) is 6.26 Å². The molecule has 170 valence electrons. The normalized spacial score (nSPS) is 13.4. The molecule has 1 aliphatic rings. The summed E-state index contributed by atoms with van der Waals surface area (Å²) >= 11 is 0. The van der Waals surface area contributed by atoms with Crippen LogP contribution >= 0.6 is 0 Å². The van der Waals surface area contributed by atoms with Crippen molar-refractivity contribution in [2.45, 2.75) is 26.1 Å². The Balaban J connectivity index is 1.19. The molecule has 0 radical (unpaired) electrons. The van der Waals surface area contributed by atoms with E-state index in [1.165, 1.54) is 5.56 Å². The quantitative estimate of drug-likeness (QED) is 0.427. The topological polar surface area (TPSA) is 72.5 Å². The summed E-state index contributed by atoms with van der Waals surface area (Å²) in [5.41, 5.74) is 3.81. The van der Waals surface area contributed by atoms with Crippen LogP contribution in [0.2, 0.25) is 0 Å². The van der Waals surface area contributed by atoms with Gasteiger partial charge in [0, 0.05) is 31.7 Å². The van der Waals surface area contributed by atoms with Crippen molar-refractivity contribution >= 4 is 16.9 Å². The Bertz CT molecular complexity index is 1200. The maximum Gasteiger partial charge on any atom is 0.251 e. The molecule has 0 fully saturated rings. The number of furan rings is 1. The van der Waals surface area contributed by atoms with Crippen molar-refractivity contribution in [3.63, 3.8) is 0 Å². The number of nitrogens with one attached hydrogen (secondary N) is 1. The highest BCUT2D eigenvalue weighted by Gasteiger charge is 2.16. The van der Waals surface area contributed by atoms with Crippen LogP contribution in [0.3, 0.4) is 0 Å². The van der Waals surface area contributed by atoms with Gasteiger partial charge < -0.3 is 19.0 Å². The maximum atomic E-state index is 12.8. The Kier molecular flexibility index (Phi) is 6.51. The third kappa shape index (κ3) is 5.16. The zero-order valence-electron chi connectivity index (χ0n) is 18.6. The minimum Gasteiger partial charge on any atom is -0.468 e. The first-order valence-corrected chi connectivity index (χ1v) is 11.4. The third-order valence-electron chi connectivity index (χ3n) is 6.01. The van der Waals surface area contributed by atoms with Crippen LogP contribution in [0, 0.1) is 0 Å². The fourth-order valence-electron chi connectivity index (χ4n) is 4.25. The van der Waals surface area contributed by atoms with Gasteiger partial charge >= 0.3 is 0 Å². The summed E-state index contributed by atoms with van der Waals surface area (Å²) in [6.07, 6.45) is 2.64. The molecule has 4 aromatic rings. The molecule has 1 amide bonds. The number of aromatic nitrogens is 2. The Morgan fingerprint density at radius 1 is 1.09 bits per heavy atom. The zero-order valence-corrected chi connectivity index (χ0v) is 18.6. The first kappa shape index (κ1) is 21.4. The number of amides is 1. The number of ether oxygens (including phenoxy) is 1.